The number of nitrogens with zero attached hydrogens (tertiary/aromatic N) is 1. The fraction of sp³-hybridized carbons (Fsp3) is 0.194. The third-order valence-electron chi connectivity index (χ3n) is 6.06. The van der Waals surface area contributed by atoms with Gasteiger partial charge in [-0.05, 0) is 66.8 Å². The van der Waals surface area contributed by atoms with Crippen molar-refractivity contribution in [3.05, 3.63) is 107 Å². The van der Waals surface area contributed by atoms with Crippen LogP contribution in [-0.2, 0) is 29.0 Å². The predicted molar refractivity (Wildman–Crippen MR) is 147 cm³/mol. The van der Waals surface area contributed by atoms with Gasteiger partial charge in [-0.25, -0.2) is 9.69 Å². The highest BCUT2D eigenvalue weighted by Crippen LogP contribution is 2.36. The zero-order chi connectivity index (χ0) is 27.1. The minimum atomic E-state index is -0.784. The van der Waals surface area contributed by atoms with Crippen molar-refractivity contribution in [1.82, 2.24) is 5.32 Å². The second-order valence-corrected chi connectivity index (χ2v) is 8.69. The van der Waals surface area contributed by atoms with Gasteiger partial charge in [0, 0.05) is 5.56 Å². The van der Waals surface area contributed by atoms with Crippen LogP contribution < -0.4 is 19.7 Å². The molecule has 0 radical (unpaired) electrons. The molecule has 38 heavy (non-hydrogen) atoms. The van der Waals surface area contributed by atoms with E-state index in [1.807, 2.05) is 62.4 Å². The quantitative estimate of drug-likeness (QED) is 0.217. The van der Waals surface area contributed by atoms with Crippen molar-refractivity contribution < 1.29 is 23.9 Å². The number of rotatable bonds is 10. The molecule has 194 valence electrons. The van der Waals surface area contributed by atoms with Crippen LogP contribution in [0.5, 0.6) is 11.5 Å². The Hall–Kier alpha value is -4.65. The molecular formula is C31H30N2O5. The number of carbonyl (C=O) groups excluding carboxylic acids is 3. The SMILES string of the molecule is C=CCc1cc(/C=C2/C(=O)NC(=O)N(c3ccc(CC)cc3)C2=O)cc(OCC)c1OCc1ccccc1. The number of carbonyl (C=O) groups is 3. The average Bonchev–Trinajstić information content (AvgIpc) is 2.92. The van der Waals surface area contributed by atoms with Crippen molar-refractivity contribution in [1.29, 1.82) is 0 Å². The summed E-state index contributed by atoms with van der Waals surface area (Å²) in [7, 11) is 0. The summed E-state index contributed by atoms with van der Waals surface area (Å²) in [6, 6.07) is 19.6. The van der Waals surface area contributed by atoms with E-state index in [4.69, 9.17) is 9.47 Å². The van der Waals surface area contributed by atoms with E-state index in [2.05, 4.69) is 11.9 Å². The molecule has 0 spiro atoms. The summed E-state index contributed by atoms with van der Waals surface area (Å²) in [5.74, 6) is -0.393. The summed E-state index contributed by atoms with van der Waals surface area (Å²) in [6.07, 6.45) is 4.52. The molecule has 0 saturated carbocycles. The van der Waals surface area contributed by atoms with Crippen molar-refractivity contribution in [2.45, 2.75) is 33.3 Å². The van der Waals surface area contributed by atoms with E-state index >= 15 is 0 Å². The van der Waals surface area contributed by atoms with Gasteiger partial charge in [0.2, 0.25) is 0 Å². The molecule has 0 bridgehead atoms. The Bertz CT molecular complexity index is 1380. The Morgan fingerprint density at radius 1 is 0.921 bits per heavy atom. The fourth-order valence-electron chi connectivity index (χ4n) is 4.17. The zero-order valence-corrected chi connectivity index (χ0v) is 21.5. The number of urea groups is 1. The molecule has 4 rings (SSSR count). The average molecular weight is 511 g/mol. The van der Waals surface area contributed by atoms with E-state index in [9.17, 15) is 14.4 Å². The van der Waals surface area contributed by atoms with Gasteiger partial charge in [0.1, 0.15) is 12.2 Å². The summed E-state index contributed by atoms with van der Waals surface area (Å²) in [6.45, 7) is 8.47. The smallest absolute Gasteiger partial charge is 0.335 e. The lowest BCUT2D eigenvalue weighted by Gasteiger charge is -2.26. The first-order chi connectivity index (χ1) is 18.4. The van der Waals surface area contributed by atoms with Crippen LogP contribution in [0.25, 0.3) is 6.08 Å². The van der Waals surface area contributed by atoms with Crippen LogP contribution in [0.15, 0.2) is 85.0 Å². The predicted octanol–water partition coefficient (Wildman–Crippen LogP) is 5.62. The molecule has 0 aliphatic carbocycles. The van der Waals surface area contributed by atoms with Crippen LogP contribution in [0.3, 0.4) is 0 Å². The monoisotopic (exact) mass is 510 g/mol. The first kappa shape index (κ1) is 26.4. The topological polar surface area (TPSA) is 84.9 Å². The van der Waals surface area contributed by atoms with E-state index in [1.54, 1.807) is 24.3 Å². The third kappa shape index (κ3) is 5.83. The minimum Gasteiger partial charge on any atom is -0.490 e. The molecule has 3 aromatic carbocycles. The van der Waals surface area contributed by atoms with Crippen molar-refractivity contribution >= 4 is 29.6 Å². The minimum absolute atomic E-state index is 0.158. The summed E-state index contributed by atoms with van der Waals surface area (Å²) < 4.78 is 12.0. The van der Waals surface area contributed by atoms with Gasteiger partial charge in [-0.2, -0.15) is 0 Å². The van der Waals surface area contributed by atoms with Gasteiger partial charge in [-0.1, -0.05) is 55.5 Å². The van der Waals surface area contributed by atoms with Crippen molar-refractivity contribution in [2.24, 2.45) is 0 Å². The second-order valence-electron chi connectivity index (χ2n) is 8.69. The van der Waals surface area contributed by atoms with Gasteiger partial charge in [0.25, 0.3) is 11.8 Å². The van der Waals surface area contributed by atoms with Crippen molar-refractivity contribution in [3.63, 3.8) is 0 Å². The standard InChI is InChI=1S/C31H30N2O5/c1-4-10-24-17-23(19-27(37-6-3)28(24)38-20-22-11-8-7-9-12-22)18-26-29(34)32-31(36)33(30(26)35)25-15-13-21(5-2)14-16-25/h4,7-9,11-19H,1,5-6,10,20H2,2-3H3,(H,32,34,36)/b26-18-. The molecule has 7 heteroatoms. The lowest BCUT2D eigenvalue weighted by atomic mass is 10.0. The third-order valence-corrected chi connectivity index (χ3v) is 6.06. The Morgan fingerprint density at radius 2 is 1.66 bits per heavy atom. The lowest BCUT2D eigenvalue weighted by molar-refractivity contribution is -0.122. The molecule has 1 heterocycles. The number of ether oxygens (including phenoxy) is 2. The van der Waals surface area contributed by atoms with E-state index in [-0.39, 0.29) is 5.57 Å². The van der Waals surface area contributed by atoms with Crippen molar-refractivity contribution in [2.75, 3.05) is 11.5 Å². The Balaban J connectivity index is 1.71. The summed E-state index contributed by atoms with van der Waals surface area (Å²) in [4.78, 5) is 39.6. The maximum atomic E-state index is 13.4. The van der Waals surface area contributed by atoms with Crippen molar-refractivity contribution in [3.8, 4) is 11.5 Å². The number of imide groups is 2. The zero-order valence-electron chi connectivity index (χ0n) is 21.5. The molecule has 0 atom stereocenters. The Labute approximate surface area is 222 Å². The molecule has 4 amide bonds. The molecule has 1 aliphatic rings. The summed E-state index contributed by atoms with van der Waals surface area (Å²) in [5.41, 5.74) is 3.65. The molecule has 0 aromatic heterocycles. The number of anilines is 1. The first-order valence-corrected chi connectivity index (χ1v) is 12.5. The number of aryl methyl sites for hydroxylation is 1. The maximum absolute atomic E-state index is 13.4. The molecule has 7 nitrogen and oxygen atoms in total. The van der Waals surface area contributed by atoms with Crippen LogP contribution in [0.4, 0.5) is 10.5 Å². The van der Waals surface area contributed by atoms with E-state index in [0.717, 1.165) is 28.0 Å². The number of amides is 4. The Kier molecular flexibility index (Phi) is 8.38. The van der Waals surface area contributed by atoms with Gasteiger partial charge >= 0.3 is 6.03 Å². The molecule has 3 aromatic rings. The van der Waals surface area contributed by atoms with Gasteiger partial charge in [-0.3, -0.25) is 14.9 Å². The van der Waals surface area contributed by atoms with Crippen LogP contribution in [0.1, 0.15) is 36.1 Å². The van der Waals surface area contributed by atoms with Crippen LogP contribution in [0, 0.1) is 0 Å². The van der Waals surface area contributed by atoms with E-state index in [1.165, 1.54) is 6.08 Å². The van der Waals surface area contributed by atoms with E-state index in [0.29, 0.717) is 42.4 Å². The number of hydrogen-bond acceptors (Lipinski definition) is 5. The van der Waals surface area contributed by atoms with Gasteiger partial charge < -0.3 is 9.47 Å². The normalized spacial score (nSPS) is 14.4. The van der Waals surface area contributed by atoms with Gasteiger partial charge in [0.05, 0.1) is 12.3 Å². The van der Waals surface area contributed by atoms with Crippen LogP contribution in [0.2, 0.25) is 0 Å². The van der Waals surface area contributed by atoms with Gasteiger partial charge in [0.15, 0.2) is 11.5 Å². The molecule has 1 fully saturated rings. The molecule has 1 N–H and O–H groups in total. The van der Waals surface area contributed by atoms with Gasteiger partial charge in [-0.15, -0.1) is 6.58 Å². The number of allylic oxidation sites excluding steroid dienone is 1. The van der Waals surface area contributed by atoms with Crippen LogP contribution in [-0.4, -0.2) is 24.5 Å². The molecule has 1 saturated heterocycles. The first-order valence-electron chi connectivity index (χ1n) is 12.5. The number of barbiturate groups is 1. The lowest BCUT2D eigenvalue weighted by Crippen LogP contribution is -2.54. The second kappa shape index (κ2) is 12.1. The Morgan fingerprint density at radius 3 is 2.32 bits per heavy atom. The molecular weight excluding hydrogens is 480 g/mol. The van der Waals surface area contributed by atoms with E-state index < -0.39 is 17.8 Å². The van der Waals surface area contributed by atoms with Crippen LogP contribution >= 0.6 is 0 Å². The summed E-state index contributed by atoms with van der Waals surface area (Å²) in [5, 5.41) is 2.27. The number of hydrogen-bond donors (Lipinski definition) is 1. The highest BCUT2D eigenvalue weighted by molar-refractivity contribution is 6.39. The highest BCUT2D eigenvalue weighted by Gasteiger charge is 2.36. The molecule has 0 unspecified atom stereocenters. The maximum Gasteiger partial charge on any atom is 0.335 e. The highest BCUT2D eigenvalue weighted by atomic mass is 16.5. The summed E-state index contributed by atoms with van der Waals surface area (Å²) >= 11 is 0. The fourth-order valence-corrected chi connectivity index (χ4v) is 4.17. The largest absolute Gasteiger partial charge is 0.490 e. The number of benzene rings is 3. The molecule has 1 aliphatic heterocycles. The number of nitrogens with one attached hydrogen (secondary N) is 1.